The summed E-state index contributed by atoms with van der Waals surface area (Å²) in [6.45, 7) is 4.38. The number of amides is 1. The van der Waals surface area contributed by atoms with E-state index in [-0.39, 0.29) is 29.4 Å². The van der Waals surface area contributed by atoms with Crippen molar-refractivity contribution in [1.29, 1.82) is 5.26 Å². The molecule has 0 saturated carbocycles. The Morgan fingerprint density at radius 1 is 1.30 bits per heavy atom. The Kier molecular flexibility index (Phi) is 5.54. The van der Waals surface area contributed by atoms with Crippen molar-refractivity contribution in [3.8, 4) is 11.8 Å². The largest absolute Gasteiger partial charge is 0.508 e. The maximum absolute atomic E-state index is 11.8. The second kappa shape index (κ2) is 7.14. The van der Waals surface area contributed by atoms with Gasteiger partial charge in [0.1, 0.15) is 5.75 Å². The minimum Gasteiger partial charge on any atom is -0.508 e. The number of phenols is 1. The van der Waals surface area contributed by atoms with Crippen molar-refractivity contribution in [3.63, 3.8) is 0 Å². The predicted octanol–water partition coefficient (Wildman–Crippen LogP) is 1.29. The summed E-state index contributed by atoms with van der Waals surface area (Å²) in [4.78, 5) is 25.0. The average molecular weight is 276 g/mol. The summed E-state index contributed by atoms with van der Waals surface area (Å²) >= 11 is 0. The van der Waals surface area contributed by atoms with Gasteiger partial charge in [-0.15, -0.1) is 0 Å². The van der Waals surface area contributed by atoms with Crippen LogP contribution in [0.3, 0.4) is 0 Å². The van der Waals surface area contributed by atoms with Gasteiger partial charge in [0, 0.05) is 13.1 Å². The lowest BCUT2D eigenvalue weighted by Gasteiger charge is -2.18. The standard InChI is InChI=1S/C14H16N2O4/c1-3-16(4-2)13(18)9-20-14(19)11-5-10(8-15)6-12(17)7-11/h5-7,17H,3-4,9H2,1-2H3. The number of nitriles is 1. The number of nitrogens with zero attached hydrogens (tertiary/aromatic N) is 2. The molecule has 0 aliphatic rings. The third-order valence-corrected chi connectivity index (χ3v) is 2.73. The van der Waals surface area contributed by atoms with Crippen molar-refractivity contribution >= 4 is 11.9 Å². The lowest BCUT2D eigenvalue weighted by molar-refractivity contribution is -0.134. The lowest BCUT2D eigenvalue weighted by atomic mass is 10.1. The number of aromatic hydroxyl groups is 1. The Morgan fingerprint density at radius 2 is 1.95 bits per heavy atom. The van der Waals surface area contributed by atoms with Crippen molar-refractivity contribution in [2.24, 2.45) is 0 Å². The van der Waals surface area contributed by atoms with E-state index in [0.29, 0.717) is 13.1 Å². The van der Waals surface area contributed by atoms with Crippen molar-refractivity contribution in [2.45, 2.75) is 13.8 Å². The van der Waals surface area contributed by atoms with Crippen LogP contribution in [0.5, 0.6) is 5.75 Å². The molecule has 0 bridgehead atoms. The van der Waals surface area contributed by atoms with Gasteiger partial charge >= 0.3 is 5.97 Å². The van der Waals surface area contributed by atoms with Gasteiger partial charge in [-0.25, -0.2) is 4.79 Å². The number of carbonyl (C=O) groups excluding carboxylic acids is 2. The van der Waals surface area contributed by atoms with Crippen LogP contribution in [0.25, 0.3) is 0 Å². The molecule has 106 valence electrons. The van der Waals surface area contributed by atoms with E-state index in [1.807, 2.05) is 19.9 Å². The van der Waals surface area contributed by atoms with E-state index in [9.17, 15) is 14.7 Å². The monoisotopic (exact) mass is 276 g/mol. The van der Waals surface area contributed by atoms with Crippen LogP contribution in [-0.2, 0) is 9.53 Å². The number of rotatable bonds is 5. The molecule has 0 aliphatic heterocycles. The Balaban J connectivity index is 2.71. The summed E-state index contributed by atoms with van der Waals surface area (Å²) in [6.07, 6.45) is 0. The second-order valence-electron chi connectivity index (χ2n) is 4.02. The molecule has 6 nitrogen and oxygen atoms in total. The third kappa shape index (κ3) is 3.99. The fourth-order valence-corrected chi connectivity index (χ4v) is 1.67. The first-order valence-electron chi connectivity index (χ1n) is 6.20. The molecular weight excluding hydrogens is 260 g/mol. The molecule has 1 aromatic carbocycles. The predicted molar refractivity (Wildman–Crippen MR) is 71.0 cm³/mol. The van der Waals surface area contributed by atoms with Gasteiger partial charge in [0.2, 0.25) is 0 Å². The molecule has 0 unspecified atom stereocenters. The van der Waals surface area contributed by atoms with E-state index in [1.54, 1.807) is 0 Å². The van der Waals surface area contributed by atoms with Gasteiger partial charge in [0.15, 0.2) is 6.61 Å². The molecule has 0 atom stereocenters. The number of esters is 1. The van der Waals surface area contributed by atoms with Crippen LogP contribution >= 0.6 is 0 Å². The normalized spacial score (nSPS) is 9.65. The van der Waals surface area contributed by atoms with Gasteiger partial charge in [-0.2, -0.15) is 5.26 Å². The molecule has 0 fully saturated rings. The van der Waals surface area contributed by atoms with E-state index >= 15 is 0 Å². The highest BCUT2D eigenvalue weighted by atomic mass is 16.5. The highest BCUT2D eigenvalue weighted by molar-refractivity contribution is 5.92. The van der Waals surface area contributed by atoms with Gasteiger partial charge in [0.25, 0.3) is 5.91 Å². The molecule has 0 heterocycles. The molecule has 0 aliphatic carbocycles. The van der Waals surface area contributed by atoms with Gasteiger partial charge in [0.05, 0.1) is 17.2 Å². The quantitative estimate of drug-likeness (QED) is 0.818. The number of hydrogen-bond acceptors (Lipinski definition) is 5. The van der Waals surface area contributed by atoms with Crippen LogP contribution in [-0.4, -0.2) is 41.6 Å². The number of likely N-dealkylation sites (N-methyl/N-ethyl adjacent to an activating group) is 1. The first-order chi connectivity index (χ1) is 9.51. The van der Waals surface area contributed by atoms with Gasteiger partial charge < -0.3 is 14.7 Å². The molecule has 1 aromatic rings. The van der Waals surface area contributed by atoms with Crippen LogP contribution in [0.4, 0.5) is 0 Å². The number of carbonyl (C=O) groups is 2. The maximum atomic E-state index is 11.8. The summed E-state index contributed by atoms with van der Waals surface area (Å²) in [5.41, 5.74) is 0.181. The second-order valence-corrected chi connectivity index (χ2v) is 4.02. The first kappa shape index (κ1) is 15.5. The van der Waals surface area contributed by atoms with E-state index in [0.717, 1.165) is 0 Å². The number of ether oxygens (including phenoxy) is 1. The van der Waals surface area contributed by atoms with E-state index < -0.39 is 5.97 Å². The summed E-state index contributed by atoms with van der Waals surface area (Å²) in [5, 5.41) is 18.1. The van der Waals surface area contributed by atoms with Crippen molar-refractivity contribution < 1.29 is 19.4 Å². The zero-order chi connectivity index (χ0) is 15.1. The minimum absolute atomic E-state index is 0.0360. The Morgan fingerprint density at radius 3 is 2.50 bits per heavy atom. The maximum Gasteiger partial charge on any atom is 0.338 e. The fourth-order valence-electron chi connectivity index (χ4n) is 1.67. The minimum atomic E-state index is -0.752. The molecule has 0 aromatic heterocycles. The summed E-state index contributed by atoms with van der Waals surface area (Å²) < 4.78 is 4.88. The summed E-state index contributed by atoms with van der Waals surface area (Å²) in [7, 11) is 0. The lowest BCUT2D eigenvalue weighted by Crippen LogP contribution is -2.34. The van der Waals surface area contributed by atoms with Crippen LogP contribution < -0.4 is 0 Å². The van der Waals surface area contributed by atoms with Gasteiger partial charge in [-0.05, 0) is 32.0 Å². The van der Waals surface area contributed by atoms with Crippen LogP contribution in [0.1, 0.15) is 29.8 Å². The average Bonchev–Trinajstić information content (AvgIpc) is 2.45. The summed E-state index contributed by atoms with van der Waals surface area (Å²) in [6, 6.07) is 5.54. The topological polar surface area (TPSA) is 90.6 Å². The zero-order valence-corrected chi connectivity index (χ0v) is 11.4. The molecule has 6 heteroatoms. The molecule has 1 N–H and O–H groups in total. The zero-order valence-electron chi connectivity index (χ0n) is 11.4. The smallest absolute Gasteiger partial charge is 0.338 e. The Labute approximate surface area is 117 Å². The van der Waals surface area contributed by atoms with E-state index in [2.05, 4.69) is 0 Å². The Hall–Kier alpha value is -2.55. The number of phenolic OH excluding ortho intramolecular Hbond substituents is 1. The molecule has 20 heavy (non-hydrogen) atoms. The van der Waals surface area contributed by atoms with Crippen molar-refractivity contribution in [2.75, 3.05) is 19.7 Å². The molecule has 1 rings (SSSR count). The van der Waals surface area contributed by atoms with E-state index in [4.69, 9.17) is 10.00 Å². The van der Waals surface area contributed by atoms with Crippen molar-refractivity contribution in [3.05, 3.63) is 29.3 Å². The highest BCUT2D eigenvalue weighted by Gasteiger charge is 2.15. The van der Waals surface area contributed by atoms with E-state index in [1.165, 1.54) is 23.1 Å². The fraction of sp³-hybridized carbons (Fsp3) is 0.357. The highest BCUT2D eigenvalue weighted by Crippen LogP contribution is 2.16. The number of benzene rings is 1. The van der Waals surface area contributed by atoms with Crippen LogP contribution in [0.15, 0.2) is 18.2 Å². The van der Waals surface area contributed by atoms with Crippen molar-refractivity contribution in [1.82, 2.24) is 4.90 Å². The molecule has 0 radical (unpaired) electrons. The molecular formula is C14H16N2O4. The Bertz CT molecular complexity index is 545. The summed E-state index contributed by atoms with van der Waals surface area (Å²) in [5.74, 6) is -1.24. The molecule has 1 amide bonds. The van der Waals surface area contributed by atoms with Gasteiger partial charge in [-0.3, -0.25) is 4.79 Å². The number of hydrogen-bond donors (Lipinski definition) is 1. The SMILES string of the molecule is CCN(CC)C(=O)COC(=O)c1cc(O)cc(C#N)c1. The first-order valence-corrected chi connectivity index (χ1v) is 6.20. The molecule has 0 saturated heterocycles. The van der Waals surface area contributed by atoms with Gasteiger partial charge in [-0.1, -0.05) is 0 Å². The van der Waals surface area contributed by atoms with Crippen LogP contribution in [0.2, 0.25) is 0 Å². The van der Waals surface area contributed by atoms with Crippen LogP contribution in [0, 0.1) is 11.3 Å². The molecule has 0 spiro atoms. The third-order valence-electron chi connectivity index (χ3n) is 2.73.